The van der Waals surface area contributed by atoms with Crippen LogP contribution in [0.4, 0.5) is 0 Å². The Kier molecular flexibility index (Phi) is 39.4. The first-order valence-electron chi connectivity index (χ1n) is 27.8. The van der Waals surface area contributed by atoms with Gasteiger partial charge in [0.2, 0.25) is 5.91 Å². The lowest BCUT2D eigenvalue weighted by Crippen LogP contribution is -2.65. The van der Waals surface area contributed by atoms with Gasteiger partial charge in [-0.25, -0.2) is 0 Å². The predicted octanol–water partition coefficient (Wildman–Crippen LogP) is 8.55. The average Bonchev–Trinajstić information content (AvgIpc) is 3.38. The van der Waals surface area contributed by atoms with Gasteiger partial charge in [-0.05, 0) is 70.6 Å². The Bertz CT molecular complexity index is 1530. The van der Waals surface area contributed by atoms with Crippen LogP contribution in [0.3, 0.4) is 0 Å². The number of ether oxygens (including phenoxy) is 4. The van der Waals surface area contributed by atoms with Gasteiger partial charge in [-0.15, -0.1) is 0 Å². The Morgan fingerprint density at radius 3 is 1.47 bits per heavy atom. The van der Waals surface area contributed by atoms with Crippen LogP contribution in [-0.2, 0) is 23.7 Å². The summed E-state index contributed by atoms with van der Waals surface area (Å²) >= 11 is 0. The van der Waals surface area contributed by atoms with Crippen molar-refractivity contribution in [3.8, 4) is 0 Å². The number of nitrogens with one attached hydrogen (secondary N) is 1. The zero-order chi connectivity index (χ0) is 52.4. The van der Waals surface area contributed by atoms with Crippen LogP contribution in [0.5, 0.6) is 0 Å². The number of unbranched alkanes of at least 4 members (excludes halogenated alkanes) is 15. The van der Waals surface area contributed by atoms with Crippen molar-refractivity contribution in [1.29, 1.82) is 0 Å². The average molecular weight is 1020 g/mol. The number of carbonyl (C=O) groups is 1. The molecule has 414 valence electrons. The van der Waals surface area contributed by atoms with Crippen molar-refractivity contribution >= 4 is 5.91 Å². The van der Waals surface area contributed by atoms with Crippen molar-refractivity contribution in [2.24, 2.45) is 0 Å². The Balaban J connectivity index is 1.64. The van der Waals surface area contributed by atoms with E-state index in [0.717, 1.165) is 103 Å². The van der Waals surface area contributed by atoms with Crippen molar-refractivity contribution in [2.75, 3.05) is 19.8 Å². The molecule has 2 aliphatic rings. The first-order chi connectivity index (χ1) is 35.1. The summed E-state index contributed by atoms with van der Waals surface area (Å²) in [5.41, 5.74) is 0. The third-order valence-electron chi connectivity index (χ3n) is 13.1. The molecule has 2 fully saturated rings. The largest absolute Gasteiger partial charge is 0.394 e. The summed E-state index contributed by atoms with van der Waals surface area (Å²) in [6, 6.07) is -0.834. The van der Waals surface area contributed by atoms with E-state index < -0.39 is 86.8 Å². The highest BCUT2D eigenvalue weighted by atomic mass is 16.7. The van der Waals surface area contributed by atoms with Crippen LogP contribution in [0, 0.1) is 0 Å². The molecule has 9 N–H and O–H groups in total. The highest BCUT2D eigenvalue weighted by Crippen LogP contribution is 2.30. The van der Waals surface area contributed by atoms with Gasteiger partial charge in [-0.2, -0.15) is 0 Å². The second-order valence-electron chi connectivity index (χ2n) is 19.3. The first kappa shape index (κ1) is 65.3. The lowest BCUT2D eigenvalue weighted by atomic mass is 9.97. The van der Waals surface area contributed by atoms with E-state index in [1.165, 1.54) is 44.9 Å². The van der Waals surface area contributed by atoms with Gasteiger partial charge in [0.25, 0.3) is 0 Å². The lowest BCUT2D eigenvalue weighted by Gasteiger charge is -2.46. The van der Waals surface area contributed by atoms with Gasteiger partial charge in [-0.3, -0.25) is 4.79 Å². The van der Waals surface area contributed by atoms with Crippen molar-refractivity contribution in [2.45, 2.75) is 254 Å². The van der Waals surface area contributed by atoms with E-state index in [1.807, 2.05) is 0 Å². The third kappa shape index (κ3) is 29.3. The summed E-state index contributed by atoms with van der Waals surface area (Å²) in [6.07, 6.45) is 40.5. The molecule has 0 aromatic rings. The fourth-order valence-electron chi connectivity index (χ4n) is 8.63. The van der Waals surface area contributed by atoms with Gasteiger partial charge >= 0.3 is 0 Å². The summed E-state index contributed by atoms with van der Waals surface area (Å²) in [7, 11) is 0. The standard InChI is InChI=1S/C58H99NO13/c1-3-5-7-9-11-12-13-14-15-16-17-18-19-20-21-22-23-24-25-26-27-28-29-30-31-32-33-34-36-38-40-42-50(63)59-46(47(62)41-39-37-35-10-8-6-4-2)45-69-57-55(68)53(66)56(49(44-61)71-57)72-58-54(67)52(65)51(64)48(43-60)70-58/h5,7,11-12,14-15,17-18,20-21,23-24,26-27,46-49,51-58,60-62,64-68H,3-4,6,8-10,13,16,19,22,25,28-45H2,1-2H3,(H,59,63)/b7-5-,12-11-,15-14-,18-17-,21-20-,24-23-,27-26-. The summed E-state index contributed by atoms with van der Waals surface area (Å²) in [6.45, 7) is 2.66. The summed E-state index contributed by atoms with van der Waals surface area (Å²) < 4.78 is 22.7. The lowest BCUT2D eigenvalue weighted by molar-refractivity contribution is -0.359. The van der Waals surface area contributed by atoms with Crippen molar-refractivity contribution in [3.63, 3.8) is 0 Å². The molecule has 0 radical (unpaired) electrons. The number of aliphatic hydroxyl groups is 8. The molecule has 14 heteroatoms. The van der Waals surface area contributed by atoms with Crippen LogP contribution in [0.1, 0.15) is 181 Å². The van der Waals surface area contributed by atoms with E-state index in [2.05, 4.69) is 104 Å². The van der Waals surface area contributed by atoms with E-state index in [-0.39, 0.29) is 12.5 Å². The van der Waals surface area contributed by atoms with E-state index in [1.54, 1.807) is 0 Å². The SMILES string of the molecule is CC/C=C\C/C=C\C/C=C\C/C=C\C/C=C\C/C=C\C/C=C\CCCCCCCCCCCC(=O)NC(COC1OC(CO)C(OC2OC(CO)C(O)C(O)C2O)C(O)C1O)C(O)CCCCCCCCC. The van der Waals surface area contributed by atoms with Gasteiger partial charge in [0, 0.05) is 6.42 Å². The number of amides is 1. The van der Waals surface area contributed by atoms with E-state index >= 15 is 0 Å². The van der Waals surface area contributed by atoms with Crippen molar-refractivity contribution in [1.82, 2.24) is 5.32 Å². The molecule has 2 saturated heterocycles. The second kappa shape index (κ2) is 43.4. The maximum atomic E-state index is 13.2. The summed E-state index contributed by atoms with van der Waals surface area (Å²) in [5.74, 6) is -0.222. The smallest absolute Gasteiger partial charge is 0.220 e. The quantitative estimate of drug-likeness (QED) is 0.0207. The number of hydrogen-bond acceptors (Lipinski definition) is 13. The van der Waals surface area contributed by atoms with Crippen LogP contribution in [0.2, 0.25) is 0 Å². The molecule has 0 saturated carbocycles. The van der Waals surface area contributed by atoms with Crippen molar-refractivity contribution in [3.05, 3.63) is 85.1 Å². The monoisotopic (exact) mass is 1020 g/mol. The predicted molar refractivity (Wildman–Crippen MR) is 286 cm³/mol. The molecule has 0 bridgehead atoms. The van der Waals surface area contributed by atoms with E-state index in [9.17, 15) is 45.6 Å². The molecule has 12 atom stereocenters. The minimum atomic E-state index is -1.78. The molecule has 72 heavy (non-hydrogen) atoms. The van der Waals surface area contributed by atoms with Crippen LogP contribution < -0.4 is 5.32 Å². The molecular formula is C58H99NO13. The molecule has 12 unspecified atom stereocenters. The van der Waals surface area contributed by atoms with Gasteiger partial charge in [0.1, 0.15) is 48.8 Å². The van der Waals surface area contributed by atoms with Gasteiger partial charge in [0.15, 0.2) is 12.6 Å². The normalized spacial score (nSPS) is 26.2. The highest BCUT2D eigenvalue weighted by molar-refractivity contribution is 5.76. The number of carbonyl (C=O) groups excluding carboxylic acids is 1. The molecule has 14 nitrogen and oxygen atoms in total. The van der Waals surface area contributed by atoms with E-state index in [4.69, 9.17) is 18.9 Å². The van der Waals surface area contributed by atoms with Crippen molar-refractivity contribution < 1.29 is 64.6 Å². The van der Waals surface area contributed by atoms with Crippen LogP contribution in [0.15, 0.2) is 85.1 Å². The molecule has 1 amide bonds. The maximum Gasteiger partial charge on any atom is 0.220 e. The fraction of sp³-hybridized carbons (Fsp3) is 0.741. The summed E-state index contributed by atoms with van der Waals surface area (Å²) in [4.78, 5) is 13.2. The van der Waals surface area contributed by atoms with E-state index in [0.29, 0.717) is 19.3 Å². The second-order valence-corrected chi connectivity index (χ2v) is 19.3. The highest BCUT2D eigenvalue weighted by Gasteiger charge is 2.51. The van der Waals surface area contributed by atoms with Crippen LogP contribution in [-0.4, -0.2) is 140 Å². The molecule has 2 heterocycles. The third-order valence-corrected chi connectivity index (χ3v) is 13.1. The molecular weight excluding hydrogens is 919 g/mol. The Labute approximate surface area is 433 Å². The molecule has 2 rings (SSSR count). The Morgan fingerprint density at radius 1 is 0.514 bits per heavy atom. The topological polar surface area (TPSA) is 228 Å². The maximum absolute atomic E-state index is 13.2. The van der Waals surface area contributed by atoms with Gasteiger partial charge < -0.3 is 65.1 Å². The Hall–Kier alpha value is -2.83. The zero-order valence-electron chi connectivity index (χ0n) is 44.1. The Morgan fingerprint density at radius 2 is 0.958 bits per heavy atom. The first-order valence-corrected chi connectivity index (χ1v) is 27.8. The molecule has 0 aromatic heterocycles. The minimum Gasteiger partial charge on any atom is -0.394 e. The van der Waals surface area contributed by atoms with Gasteiger partial charge in [0.05, 0.1) is 32.0 Å². The molecule has 0 spiro atoms. The molecule has 0 aromatic carbocycles. The van der Waals surface area contributed by atoms with Crippen LogP contribution in [0.25, 0.3) is 0 Å². The molecule has 2 aliphatic heterocycles. The number of hydrogen-bond donors (Lipinski definition) is 9. The fourth-order valence-corrected chi connectivity index (χ4v) is 8.63. The number of allylic oxidation sites excluding steroid dienone is 14. The van der Waals surface area contributed by atoms with Gasteiger partial charge in [-0.1, -0.05) is 189 Å². The number of aliphatic hydroxyl groups excluding tert-OH is 8. The number of rotatable bonds is 42. The summed E-state index contributed by atoms with van der Waals surface area (Å²) in [5, 5.41) is 86.7. The zero-order valence-corrected chi connectivity index (χ0v) is 44.1. The molecule has 0 aliphatic carbocycles. The van der Waals surface area contributed by atoms with Crippen LogP contribution >= 0.6 is 0 Å². The minimum absolute atomic E-state index is 0.222.